The number of benzene rings is 1. The van der Waals surface area contributed by atoms with E-state index in [1.807, 2.05) is 38.1 Å². The Kier molecular flexibility index (Phi) is 3.10. The van der Waals surface area contributed by atoms with Crippen molar-refractivity contribution in [1.29, 1.82) is 0 Å². The van der Waals surface area contributed by atoms with Crippen LogP contribution in [0.3, 0.4) is 0 Å². The van der Waals surface area contributed by atoms with E-state index < -0.39 is 5.41 Å². The highest BCUT2D eigenvalue weighted by atomic mass is 79.9. The fourth-order valence-electron chi connectivity index (χ4n) is 2.13. The summed E-state index contributed by atoms with van der Waals surface area (Å²) in [5.74, 6) is 0.160. The molecule has 0 radical (unpaired) electrons. The maximum Gasteiger partial charge on any atom is 0.165 e. The summed E-state index contributed by atoms with van der Waals surface area (Å²) < 4.78 is 0.0773. The molecule has 0 amide bonds. The van der Waals surface area contributed by atoms with E-state index in [4.69, 9.17) is 0 Å². The number of alkyl halides is 2. The van der Waals surface area contributed by atoms with Crippen LogP contribution in [-0.2, 0) is 10.2 Å². The molecule has 0 unspecified atom stereocenters. The third-order valence-electron chi connectivity index (χ3n) is 3.02. The largest absolute Gasteiger partial charge is 0.294 e. The van der Waals surface area contributed by atoms with Gasteiger partial charge in [0.2, 0.25) is 0 Å². The van der Waals surface area contributed by atoms with E-state index >= 15 is 0 Å². The summed E-state index contributed by atoms with van der Waals surface area (Å²) in [4.78, 5) is 11.9. The summed E-state index contributed by atoms with van der Waals surface area (Å²) >= 11 is 7.03. The predicted molar refractivity (Wildman–Crippen MR) is 74.1 cm³/mol. The van der Waals surface area contributed by atoms with Crippen LogP contribution < -0.4 is 0 Å². The third-order valence-corrected chi connectivity index (χ3v) is 4.01. The Morgan fingerprint density at radius 2 is 1.88 bits per heavy atom. The maximum absolute atomic E-state index is 11.9. The van der Waals surface area contributed by atoms with Gasteiger partial charge in [-0.1, -0.05) is 56.1 Å². The van der Waals surface area contributed by atoms with E-state index in [2.05, 4.69) is 31.9 Å². The van der Waals surface area contributed by atoms with Gasteiger partial charge >= 0.3 is 0 Å². The van der Waals surface area contributed by atoms with E-state index in [0.717, 1.165) is 16.7 Å². The van der Waals surface area contributed by atoms with Gasteiger partial charge in [-0.05, 0) is 36.6 Å². The third kappa shape index (κ3) is 1.80. The van der Waals surface area contributed by atoms with Crippen molar-refractivity contribution in [3.63, 3.8) is 0 Å². The van der Waals surface area contributed by atoms with Gasteiger partial charge in [0.15, 0.2) is 5.78 Å². The summed E-state index contributed by atoms with van der Waals surface area (Å²) in [6.45, 7) is 3.95. The molecule has 1 aliphatic rings. The second-order valence-corrected chi connectivity index (χ2v) is 7.49. The molecule has 0 N–H and O–H groups in total. The van der Waals surface area contributed by atoms with Crippen LogP contribution in [0.25, 0.3) is 6.08 Å². The molecule has 0 atom stereocenters. The first-order chi connectivity index (χ1) is 7.44. The highest BCUT2D eigenvalue weighted by Gasteiger charge is 2.35. The average Bonchev–Trinajstić information content (AvgIpc) is 2.23. The van der Waals surface area contributed by atoms with E-state index in [9.17, 15) is 4.79 Å². The van der Waals surface area contributed by atoms with Gasteiger partial charge in [-0.3, -0.25) is 4.79 Å². The van der Waals surface area contributed by atoms with Crippen LogP contribution >= 0.6 is 31.9 Å². The SMILES string of the molecule is CC1(C)C(=O)C=Cc2cccc(C(Br)Br)c21. The lowest BCUT2D eigenvalue weighted by atomic mass is 9.73. The smallest absolute Gasteiger partial charge is 0.165 e. The summed E-state index contributed by atoms with van der Waals surface area (Å²) in [5, 5.41) is 0. The van der Waals surface area contributed by atoms with Crippen molar-refractivity contribution in [1.82, 2.24) is 0 Å². The number of carbonyl (C=O) groups excluding carboxylic acids is 1. The highest BCUT2D eigenvalue weighted by Crippen LogP contribution is 2.41. The highest BCUT2D eigenvalue weighted by molar-refractivity contribution is 9.24. The van der Waals surface area contributed by atoms with Crippen molar-refractivity contribution in [2.75, 3.05) is 0 Å². The zero-order chi connectivity index (χ0) is 11.9. The van der Waals surface area contributed by atoms with Crippen LogP contribution in [-0.4, -0.2) is 5.78 Å². The van der Waals surface area contributed by atoms with Gasteiger partial charge in [-0.25, -0.2) is 0 Å². The quantitative estimate of drug-likeness (QED) is 0.693. The zero-order valence-electron chi connectivity index (χ0n) is 9.13. The normalized spacial score (nSPS) is 17.7. The van der Waals surface area contributed by atoms with Crippen molar-refractivity contribution < 1.29 is 4.79 Å². The molecule has 1 aromatic rings. The van der Waals surface area contributed by atoms with Crippen LogP contribution in [0, 0.1) is 0 Å². The summed E-state index contributed by atoms with van der Waals surface area (Å²) in [7, 11) is 0. The predicted octanol–water partition coefficient (Wildman–Crippen LogP) is 4.35. The molecule has 0 aliphatic heterocycles. The molecule has 0 saturated heterocycles. The van der Waals surface area contributed by atoms with E-state index in [1.54, 1.807) is 6.08 Å². The Balaban J connectivity index is 2.73. The summed E-state index contributed by atoms with van der Waals surface area (Å²) in [6.07, 6.45) is 3.57. The van der Waals surface area contributed by atoms with Crippen LogP contribution in [0.4, 0.5) is 0 Å². The molecule has 3 heteroatoms. The Morgan fingerprint density at radius 3 is 2.50 bits per heavy atom. The Bertz CT molecular complexity index is 473. The molecule has 0 spiro atoms. The molecule has 0 heterocycles. The van der Waals surface area contributed by atoms with Crippen molar-refractivity contribution in [3.05, 3.63) is 41.0 Å². The number of carbonyl (C=O) groups is 1. The Morgan fingerprint density at radius 1 is 1.19 bits per heavy atom. The molecule has 0 fully saturated rings. The van der Waals surface area contributed by atoms with E-state index in [1.165, 1.54) is 0 Å². The van der Waals surface area contributed by atoms with Crippen molar-refractivity contribution in [3.8, 4) is 0 Å². The number of rotatable bonds is 1. The zero-order valence-corrected chi connectivity index (χ0v) is 12.3. The molecule has 0 aromatic heterocycles. The number of fused-ring (bicyclic) bond motifs is 1. The lowest BCUT2D eigenvalue weighted by Crippen LogP contribution is -2.31. The van der Waals surface area contributed by atoms with Crippen molar-refractivity contribution in [2.24, 2.45) is 0 Å². The first-order valence-electron chi connectivity index (χ1n) is 5.08. The number of halogens is 2. The van der Waals surface area contributed by atoms with Crippen LogP contribution in [0.2, 0.25) is 0 Å². The standard InChI is InChI=1S/C13H12Br2O/c1-13(2)10(16)7-6-8-4-3-5-9(11(8)13)12(14)15/h3-7,12H,1-2H3. The number of hydrogen-bond donors (Lipinski definition) is 0. The van der Waals surface area contributed by atoms with E-state index in [0.29, 0.717) is 0 Å². The lowest BCUT2D eigenvalue weighted by Gasteiger charge is -2.30. The molecule has 2 rings (SSSR count). The fraction of sp³-hybridized carbons (Fsp3) is 0.308. The minimum atomic E-state index is -0.444. The summed E-state index contributed by atoms with van der Waals surface area (Å²) in [6, 6.07) is 6.10. The molecule has 0 saturated carbocycles. The van der Waals surface area contributed by atoms with Gasteiger partial charge in [0, 0.05) is 0 Å². The topological polar surface area (TPSA) is 17.1 Å². The first kappa shape index (κ1) is 12.1. The van der Waals surface area contributed by atoms with Gasteiger partial charge in [0.1, 0.15) is 0 Å². The molecular weight excluding hydrogens is 332 g/mol. The molecule has 1 aliphatic carbocycles. The molecule has 1 nitrogen and oxygen atoms in total. The van der Waals surface area contributed by atoms with Gasteiger partial charge < -0.3 is 0 Å². The van der Waals surface area contributed by atoms with Crippen LogP contribution in [0.15, 0.2) is 24.3 Å². The van der Waals surface area contributed by atoms with Gasteiger partial charge in [-0.2, -0.15) is 0 Å². The Labute approximate surface area is 112 Å². The first-order valence-corrected chi connectivity index (χ1v) is 6.92. The minimum absolute atomic E-state index is 0.0773. The molecule has 84 valence electrons. The number of ketones is 1. The van der Waals surface area contributed by atoms with Gasteiger partial charge in [0.05, 0.1) is 9.15 Å². The maximum atomic E-state index is 11.9. The lowest BCUT2D eigenvalue weighted by molar-refractivity contribution is -0.118. The molecule has 1 aromatic carbocycles. The van der Waals surface area contributed by atoms with Crippen LogP contribution in [0.1, 0.15) is 34.3 Å². The van der Waals surface area contributed by atoms with Gasteiger partial charge in [-0.15, -0.1) is 0 Å². The van der Waals surface area contributed by atoms with Crippen molar-refractivity contribution >= 4 is 43.7 Å². The van der Waals surface area contributed by atoms with E-state index in [-0.39, 0.29) is 9.52 Å². The molecule has 16 heavy (non-hydrogen) atoms. The molecular formula is C13H12Br2O. The van der Waals surface area contributed by atoms with Gasteiger partial charge in [0.25, 0.3) is 0 Å². The number of allylic oxidation sites excluding steroid dienone is 1. The van der Waals surface area contributed by atoms with Crippen LogP contribution in [0.5, 0.6) is 0 Å². The Hall–Kier alpha value is -0.410. The minimum Gasteiger partial charge on any atom is -0.294 e. The average molecular weight is 344 g/mol. The number of hydrogen-bond acceptors (Lipinski definition) is 1. The molecule has 0 bridgehead atoms. The van der Waals surface area contributed by atoms with Crippen molar-refractivity contribution in [2.45, 2.75) is 23.0 Å². The second-order valence-electron chi connectivity index (χ2n) is 4.43. The summed E-state index contributed by atoms with van der Waals surface area (Å²) in [5.41, 5.74) is 2.92. The monoisotopic (exact) mass is 342 g/mol. The second kappa shape index (κ2) is 4.11. The fourth-order valence-corrected chi connectivity index (χ4v) is 2.89.